The zero-order valence-electron chi connectivity index (χ0n) is 13.5. The number of ether oxygens (including phenoxy) is 2. The molecule has 1 aromatic carbocycles. The molecule has 3 amide bonds. The molecule has 0 saturated carbocycles. The van der Waals surface area contributed by atoms with E-state index in [1.807, 2.05) is 18.2 Å². The summed E-state index contributed by atoms with van der Waals surface area (Å²) >= 11 is 0. The number of carbonyl (C=O) groups is 2. The summed E-state index contributed by atoms with van der Waals surface area (Å²) in [5.74, 6) is 0.578. The predicted octanol–water partition coefficient (Wildman–Crippen LogP) is 1.45. The predicted molar refractivity (Wildman–Crippen MR) is 86.6 cm³/mol. The SMILES string of the molecule is COCC(=O)NC1CCN(C(=O)Nc2cccc(OC)c2)CC1. The molecule has 2 rings (SSSR count). The van der Waals surface area contributed by atoms with E-state index in [4.69, 9.17) is 9.47 Å². The van der Waals surface area contributed by atoms with E-state index < -0.39 is 0 Å². The standard InChI is InChI=1S/C16H23N3O4/c1-22-11-15(20)17-12-6-8-19(9-7-12)16(21)18-13-4-3-5-14(10-13)23-2/h3-5,10,12H,6-9,11H2,1-2H3,(H,17,20)(H,18,21). The van der Waals surface area contributed by atoms with Gasteiger partial charge in [0.2, 0.25) is 5.91 Å². The number of amides is 3. The second kappa shape index (κ2) is 8.38. The molecule has 1 fully saturated rings. The lowest BCUT2D eigenvalue weighted by molar-refractivity contribution is -0.125. The van der Waals surface area contributed by atoms with Crippen molar-refractivity contribution in [2.24, 2.45) is 0 Å². The molecule has 0 atom stereocenters. The molecule has 0 aliphatic carbocycles. The van der Waals surface area contributed by atoms with Crippen molar-refractivity contribution in [1.82, 2.24) is 10.2 Å². The van der Waals surface area contributed by atoms with Crippen LogP contribution in [0.1, 0.15) is 12.8 Å². The number of hydrogen-bond acceptors (Lipinski definition) is 4. The third-order valence-electron chi connectivity index (χ3n) is 3.74. The highest BCUT2D eigenvalue weighted by Crippen LogP contribution is 2.18. The third kappa shape index (κ3) is 5.14. The number of benzene rings is 1. The lowest BCUT2D eigenvalue weighted by Crippen LogP contribution is -2.48. The lowest BCUT2D eigenvalue weighted by Gasteiger charge is -2.32. The van der Waals surface area contributed by atoms with Crippen molar-refractivity contribution in [3.05, 3.63) is 24.3 Å². The fourth-order valence-electron chi connectivity index (χ4n) is 2.53. The summed E-state index contributed by atoms with van der Waals surface area (Å²) in [6.45, 7) is 1.28. The van der Waals surface area contributed by atoms with Gasteiger partial charge < -0.3 is 25.0 Å². The maximum absolute atomic E-state index is 12.3. The molecule has 1 heterocycles. The molecule has 1 aromatic rings. The van der Waals surface area contributed by atoms with E-state index in [0.717, 1.165) is 12.8 Å². The summed E-state index contributed by atoms with van der Waals surface area (Å²) in [7, 11) is 3.08. The molecule has 1 saturated heterocycles. The minimum Gasteiger partial charge on any atom is -0.497 e. The Kier molecular flexibility index (Phi) is 6.22. The summed E-state index contributed by atoms with van der Waals surface area (Å²) in [5.41, 5.74) is 0.699. The van der Waals surface area contributed by atoms with E-state index in [0.29, 0.717) is 24.5 Å². The van der Waals surface area contributed by atoms with Crippen molar-refractivity contribution in [2.75, 3.05) is 39.2 Å². The smallest absolute Gasteiger partial charge is 0.321 e. The first-order valence-electron chi connectivity index (χ1n) is 7.60. The van der Waals surface area contributed by atoms with Crippen molar-refractivity contribution in [1.29, 1.82) is 0 Å². The van der Waals surface area contributed by atoms with Crippen LogP contribution < -0.4 is 15.4 Å². The van der Waals surface area contributed by atoms with Gasteiger partial charge in [-0.15, -0.1) is 0 Å². The Labute approximate surface area is 135 Å². The topological polar surface area (TPSA) is 79.9 Å². The fraction of sp³-hybridized carbons (Fsp3) is 0.500. The van der Waals surface area contributed by atoms with Gasteiger partial charge in [-0.1, -0.05) is 6.07 Å². The van der Waals surface area contributed by atoms with E-state index in [1.54, 1.807) is 18.1 Å². The molecular formula is C16H23N3O4. The highest BCUT2D eigenvalue weighted by Gasteiger charge is 2.23. The van der Waals surface area contributed by atoms with E-state index in [-0.39, 0.29) is 24.6 Å². The number of urea groups is 1. The molecule has 0 radical (unpaired) electrons. The summed E-state index contributed by atoms with van der Waals surface area (Å²) in [5, 5.41) is 5.77. The van der Waals surface area contributed by atoms with Crippen molar-refractivity contribution in [3.63, 3.8) is 0 Å². The summed E-state index contributed by atoms with van der Waals surface area (Å²) < 4.78 is 9.93. The second-order valence-electron chi connectivity index (χ2n) is 5.42. The van der Waals surface area contributed by atoms with Gasteiger partial charge in [-0.05, 0) is 25.0 Å². The van der Waals surface area contributed by atoms with E-state index in [9.17, 15) is 9.59 Å². The van der Waals surface area contributed by atoms with Crippen LogP contribution in [0.25, 0.3) is 0 Å². The van der Waals surface area contributed by atoms with Gasteiger partial charge in [0, 0.05) is 38.0 Å². The van der Waals surface area contributed by atoms with Crippen molar-refractivity contribution >= 4 is 17.6 Å². The molecule has 1 aliphatic rings. The van der Waals surface area contributed by atoms with Gasteiger partial charge in [-0.2, -0.15) is 0 Å². The monoisotopic (exact) mass is 321 g/mol. The largest absolute Gasteiger partial charge is 0.497 e. The molecule has 2 N–H and O–H groups in total. The second-order valence-corrected chi connectivity index (χ2v) is 5.42. The Morgan fingerprint density at radius 1 is 1.26 bits per heavy atom. The number of hydrogen-bond donors (Lipinski definition) is 2. The van der Waals surface area contributed by atoms with Crippen LogP contribution in [-0.4, -0.2) is 56.8 Å². The lowest BCUT2D eigenvalue weighted by atomic mass is 10.1. The number of nitrogens with zero attached hydrogens (tertiary/aromatic N) is 1. The number of rotatable bonds is 5. The van der Waals surface area contributed by atoms with Crippen LogP contribution >= 0.6 is 0 Å². The molecule has 1 aliphatic heterocycles. The average molecular weight is 321 g/mol. The number of likely N-dealkylation sites (tertiary alicyclic amines) is 1. The number of anilines is 1. The summed E-state index contributed by atoms with van der Waals surface area (Å²) in [4.78, 5) is 25.5. The number of piperidine rings is 1. The van der Waals surface area contributed by atoms with Crippen LogP contribution in [0.15, 0.2) is 24.3 Å². The van der Waals surface area contributed by atoms with Gasteiger partial charge >= 0.3 is 6.03 Å². The first kappa shape index (κ1) is 17.1. The van der Waals surface area contributed by atoms with Crippen molar-refractivity contribution < 1.29 is 19.1 Å². The van der Waals surface area contributed by atoms with Gasteiger partial charge in [-0.25, -0.2) is 4.79 Å². The van der Waals surface area contributed by atoms with E-state index in [1.165, 1.54) is 7.11 Å². The Morgan fingerprint density at radius 3 is 2.65 bits per heavy atom. The first-order valence-corrected chi connectivity index (χ1v) is 7.60. The third-order valence-corrected chi connectivity index (χ3v) is 3.74. The Hall–Kier alpha value is -2.28. The minimum absolute atomic E-state index is 0.0660. The van der Waals surface area contributed by atoms with Gasteiger partial charge in [0.25, 0.3) is 0 Å². The zero-order valence-corrected chi connectivity index (χ0v) is 13.5. The Morgan fingerprint density at radius 2 is 2.00 bits per heavy atom. The van der Waals surface area contributed by atoms with Gasteiger partial charge in [0.1, 0.15) is 12.4 Å². The van der Waals surface area contributed by atoms with Crippen LogP contribution in [0, 0.1) is 0 Å². The zero-order chi connectivity index (χ0) is 16.7. The van der Waals surface area contributed by atoms with Crippen LogP contribution in [-0.2, 0) is 9.53 Å². The van der Waals surface area contributed by atoms with Crippen molar-refractivity contribution in [2.45, 2.75) is 18.9 Å². The molecule has 7 heteroatoms. The first-order chi connectivity index (χ1) is 11.1. The molecule has 0 spiro atoms. The Balaban J connectivity index is 1.80. The summed E-state index contributed by atoms with van der Waals surface area (Å²) in [6, 6.07) is 7.20. The van der Waals surface area contributed by atoms with E-state index in [2.05, 4.69) is 10.6 Å². The highest BCUT2D eigenvalue weighted by molar-refractivity contribution is 5.89. The quantitative estimate of drug-likeness (QED) is 0.860. The van der Waals surface area contributed by atoms with Gasteiger partial charge in [-0.3, -0.25) is 4.79 Å². The number of methoxy groups -OCH3 is 2. The van der Waals surface area contributed by atoms with Gasteiger partial charge in [0.05, 0.1) is 7.11 Å². The van der Waals surface area contributed by atoms with Crippen LogP contribution in [0.4, 0.5) is 10.5 Å². The van der Waals surface area contributed by atoms with Crippen LogP contribution in [0.5, 0.6) is 5.75 Å². The molecule has 0 bridgehead atoms. The molecule has 0 unspecified atom stereocenters. The number of carbonyl (C=O) groups excluding carboxylic acids is 2. The Bertz CT molecular complexity index is 542. The minimum atomic E-state index is -0.139. The molecular weight excluding hydrogens is 298 g/mol. The average Bonchev–Trinajstić information content (AvgIpc) is 2.56. The van der Waals surface area contributed by atoms with Gasteiger partial charge in [0.15, 0.2) is 0 Å². The normalized spacial score (nSPS) is 15.1. The highest BCUT2D eigenvalue weighted by atomic mass is 16.5. The molecule has 7 nitrogen and oxygen atoms in total. The van der Waals surface area contributed by atoms with Crippen LogP contribution in [0.3, 0.4) is 0 Å². The van der Waals surface area contributed by atoms with Crippen molar-refractivity contribution in [3.8, 4) is 5.75 Å². The van der Waals surface area contributed by atoms with E-state index >= 15 is 0 Å². The number of nitrogens with one attached hydrogen (secondary N) is 2. The maximum Gasteiger partial charge on any atom is 0.321 e. The molecule has 23 heavy (non-hydrogen) atoms. The summed E-state index contributed by atoms with van der Waals surface area (Å²) in [6.07, 6.45) is 1.47. The molecule has 126 valence electrons. The molecule has 0 aromatic heterocycles. The fourth-order valence-corrected chi connectivity index (χ4v) is 2.53. The maximum atomic E-state index is 12.3. The van der Waals surface area contributed by atoms with Crippen LogP contribution in [0.2, 0.25) is 0 Å².